The average molecular weight is 377 g/mol. The van der Waals surface area contributed by atoms with Crippen LogP contribution in [0.5, 0.6) is 0 Å². The summed E-state index contributed by atoms with van der Waals surface area (Å²) in [5.41, 5.74) is 7.63. The van der Waals surface area contributed by atoms with Gasteiger partial charge in [0.05, 0.1) is 4.90 Å². The highest BCUT2D eigenvalue weighted by Gasteiger charge is 2.15. The van der Waals surface area contributed by atoms with Gasteiger partial charge in [0.15, 0.2) is 0 Å². The van der Waals surface area contributed by atoms with Crippen molar-refractivity contribution >= 4 is 16.0 Å². The summed E-state index contributed by atoms with van der Waals surface area (Å²) >= 11 is 0. The fourth-order valence-electron chi connectivity index (χ4n) is 2.10. The number of benzene rings is 1. The summed E-state index contributed by atoms with van der Waals surface area (Å²) in [5.74, 6) is 0.215. The van der Waals surface area contributed by atoms with E-state index in [1.165, 1.54) is 0 Å². The Morgan fingerprint density at radius 1 is 1.15 bits per heavy atom. The molecule has 1 aromatic carbocycles. The van der Waals surface area contributed by atoms with E-state index in [0.29, 0.717) is 18.9 Å². The number of nitrogens with two attached hydrogens (primary N) is 1. The van der Waals surface area contributed by atoms with E-state index in [1.54, 1.807) is 30.5 Å². The summed E-state index contributed by atoms with van der Waals surface area (Å²) in [7, 11) is -3.72. The van der Waals surface area contributed by atoms with Crippen molar-refractivity contribution in [3.05, 3.63) is 59.9 Å². The summed E-state index contributed by atoms with van der Waals surface area (Å²) in [6.45, 7) is 8.46. The van der Waals surface area contributed by atoms with Crippen LogP contribution in [0.25, 0.3) is 0 Å². The van der Waals surface area contributed by atoms with Crippen LogP contribution in [-0.2, 0) is 16.4 Å². The van der Waals surface area contributed by atoms with Gasteiger partial charge in [-0.1, -0.05) is 45.9 Å². The number of rotatable bonds is 6. The second-order valence-corrected chi connectivity index (χ2v) is 7.35. The van der Waals surface area contributed by atoms with Gasteiger partial charge in [-0.3, -0.25) is 9.98 Å². The van der Waals surface area contributed by atoms with Crippen LogP contribution in [-0.4, -0.2) is 25.9 Å². The number of guanidine groups is 1. The quantitative estimate of drug-likeness (QED) is 0.598. The third kappa shape index (κ3) is 6.84. The molecule has 0 atom stereocenters. The minimum Gasteiger partial charge on any atom is -0.369 e. The number of hydrogen-bond donors (Lipinski definition) is 2. The number of hydrogen-bond acceptors (Lipinski definition) is 4. The Morgan fingerprint density at radius 2 is 1.81 bits per heavy atom. The first kappa shape index (κ1) is 21.6. The van der Waals surface area contributed by atoms with Gasteiger partial charge in [0.1, 0.15) is 0 Å². The van der Waals surface area contributed by atoms with E-state index in [0.717, 1.165) is 11.3 Å². The molecule has 3 N–H and O–H groups in total. The third-order valence-electron chi connectivity index (χ3n) is 3.47. The fourth-order valence-corrected chi connectivity index (χ4v) is 3.05. The molecular formula is C19H28N4O2S. The molecule has 142 valence electrons. The molecule has 0 aliphatic rings. The molecule has 2 aromatic rings. The summed E-state index contributed by atoms with van der Waals surface area (Å²) in [4.78, 5) is 8.37. The van der Waals surface area contributed by atoms with Gasteiger partial charge in [-0.05, 0) is 35.7 Å². The second-order valence-electron chi connectivity index (χ2n) is 5.67. The van der Waals surface area contributed by atoms with Gasteiger partial charge in [0.2, 0.25) is 5.96 Å². The second kappa shape index (κ2) is 10.6. The summed E-state index contributed by atoms with van der Waals surface area (Å²) in [5, 5.41) is 0. The maximum Gasteiger partial charge on any atom is 0.264 e. The zero-order valence-corrected chi connectivity index (χ0v) is 16.6. The maximum absolute atomic E-state index is 12.3. The topological polar surface area (TPSA) is 97.4 Å². The Kier molecular flexibility index (Phi) is 8.78. The lowest BCUT2D eigenvalue weighted by molar-refractivity contribution is 0.592. The van der Waals surface area contributed by atoms with Crippen LogP contribution in [0.15, 0.2) is 58.5 Å². The lowest BCUT2D eigenvalue weighted by atomic mass is 10.0. The van der Waals surface area contributed by atoms with Crippen molar-refractivity contribution in [1.29, 1.82) is 0 Å². The lowest BCUT2D eigenvalue weighted by Crippen LogP contribution is -2.37. The molecule has 7 heteroatoms. The number of aromatic nitrogens is 1. The molecule has 2 rings (SSSR count). The van der Waals surface area contributed by atoms with Gasteiger partial charge in [0.25, 0.3) is 10.0 Å². The first-order chi connectivity index (χ1) is 12.4. The van der Waals surface area contributed by atoms with E-state index in [9.17, 15) is 8.42 Å². The number of aliphatic imine (C=N–C) groups is 1. The minimum atomic E-state index is -3.72. The minimum absolute atomic E-state index is 0.126. The highest BCUT2D eigenvalue weighted by Crippen LogP contribution is 2.17. The monoisotopic (exact) mass is 376 g/mol. The van der Waals surface area contributed by atoms with Crippen LogP contribution in [0.2, 0.25) is 0 Å². The predicted molar refractivity (Wildman–Crippen MR) is 107 cm³/mol. The average Bonchev–Trinajstić information content (AvgIpc) is 2.64. The maximum atomic E-state index is 12.3. The Hall–Kier alpha value is -2.41. The molecule has 1 heterocycles. The van der Waals surface area contributed by atoms with E-state index in [1.807, 2.05) is 45.9 Å². The zero-order valence-electron chi connectivity index (χ0n) is 15.8. The Morgan fingerprint density at radius 3 is 2.35 bits per heavy atom. The van der Waals surface area contributed by atoms with E-state index in [-0.39, 0.29) is 10.9 Å². The number of nitrogens with zero attached hydrogens (tertiary/aromatic N) is 2. The summed E-state index contributed by atoms with van der Waals surface area (Å²) in [6.07, 6.45) is 2.29. The van der Waals surface area contributed by atoms with Crippen LogP contribution in [0.1, 0.15) is 44.9 Å². The standard InChI is InChI=1S/C17H22N4O2S.C2H6/c1-13(2)14-6-8-16(9-7-14)24(22,23)21-17(18)20-12-10-15-5-3-4-11-19-15;1-2/h3-9,11,13H,10,12H2,1-2H3,(H3,18,20,21);1-2H3. The van der Waals surface area contributed by atoms with Crippen molar-refractivity contribution in [2.45, 2.75) is 44.9 Å². The van der Waals surface area contributed by atoms with Crippen molar-refractivity contribution in [1.82, 2.24) is 9.71 Å². The summed E-state index contributed by atoms with van der Waals surface area (Å²) in [6, 6.07) is 12.3. The van der Waals surface area contributed by atoms with E-state index in [2.05, 4.69) is 14.7 Å². The molecule has 0 saturated carbocycles. The van der Waals surface area contributed by atoms with E-state index in [4.69, 9.17) is 5.73 Å². The Bertz CT molecular complexity index is 786. The molecule has 0 bridgehead atoms. The van der Waals surface area contributed by atoms with Crippen LogP contribution in [0.4, 0.5) is 0 Å². The molecule has 0 radical (unpaired) electrons. The van der Waals surface area contributed by atoms with Gasteiger partial charge < -0.3 is 5.73 Å². The summed E-state index contributed by atoms with van der Waals surface area (Å²) < 4.78 is 26.8. The Labute approximate surface area is 156 Å². The number of nitrogens with one attached hydrogen (secondary N) is 1. The number of pyridine rings is 1. The molecule has 0 aliphatic carbocycles. The van der Waals surface area contributed by atoms with E-state index >= 15 is 0 Å². The first-order valence-corrected chi connectivity index (χ1v) is 10.2. The normalized spacial score (nSPS) is 11.7. The molecule has 0 fully saturated rings. The highest BCUT2D eigenvalue weighted by molar-refractivity contribution is 7.90. The molecule has 0 amide bonds. The lowest BCUT2D eigenvalue weighted by Gasteiger charge is -2.09. The van der Waals surface area contributed by atoms with Crippen LogP contribution in [0.3, 0.4) is 0 Å². The largest absolute Gasteiger partial charge is 0.369 e. The van der Waals surface area contributed by atoms with Gasteiger partial charge in [-0.2, -0.15) is 0 Å². The SMILES string of the molecule is CC.CC(C)c1ccc(S(=O)(=O)NC(N)=NCCc2ccccn2)cc1. The highest BCUT2D eigenvalue weighted by atomic mass is 32.2. The molecule has 0 unspecified atom stereocenters. The van der Waals surface area contributed by atoms with Crippen LogP contribution < -0.4 is 10.5 Å². The molecule has 0 spiro atoms. The van der Waals surface area contributed by atoms with Crippen LogP contribution >= 0.6 is 0 Å². The first-order valence-electron chi connectivity index (χ1n) is 8.71. The van der Waals surface area contributed by atoms with Crippen molar-refractivity contribution < 1.29 is 8.42 Å². The van der Waals surface area contributed by atoms with Crippen molar-refractivity contribution in [2.24, 2.45) is 10.7 Å². The van der Waals surface area contributed by atoms with Crippen molar-refractivity contribution in [3.63, 3.8) is 0 Å². The van der Waals surface area contributed by atoms with Gasteiger partial charge in [0, 0.05) is 24.9 Å². The molecule has 0 aliphatic heterocycles. The molecule has 26 heavy (non-hydrogen) atoms. The Balaban J connectivity index is 0.00000163. The predicted octanol–water partition coefficient (Wildman–Crippen LogP) is 3.07. The molecule has 6 nitrogen and oxygen atoms in total. The van der Waals surface area contributed by atoms with Gasteiger partial charge in [-0.25, -0.2) is 13.1 Å². The molecule has 1 aromatic heterocycles. The molecule has 0 saturated heterocycles. The number of sulfonamides is 1. The zero-order chi connectivity index (χ0) is 19.6. The van der Waals surface area contributed by atoms with E-state index < -0.39 is 10.0 Å². The third-order valence-corrected chi connectivity index (χ3v) is 4.84. The van der Waals surface area contributed by atoms with Gasteiger partial charge >= 0.3 is 0 Å². The van der Waals surface area contributed by atoms with Crippen LogP contribution in [0, 0.1) is 0 Å². The van der Waals surface area contributed by atoms with Crippen molar-refractivity contribution in [3.8, 4) is 0 Å². The van der Waals surface area contributed by atoms with Gasteiger partial charge in [-0.15, -0.1) is 0 Å². The smallest absolute Gasteiger partial charge is 0.264 e. The van der Waals surface area contributed by atoms with Crippen molar-refractivity contribution in [2.75, 3.05) is 6.54 Å². The molecular weight excluding hydrogens is 348 g/mol. The fraction of sp³-hybridized carbons (Fsp3) is 0.368.